The molecule has 0 N–H and O–H groups in total. The first kappa shape index (κ1) is 24.2. The maximum absolute atomic E-state index is 14.6. The van der Waals surface area contributed by atoms with Crippen LogP contribution in [0.15, 0.2) is 27.8 Å². The molecule has 3 rings (SSSR count). The third-order valence-electron chi connectivity index (χ3n) is 4.04. The molecule has 0 aliphatic carbocycles. The van der Waals surface area contributed by atoms with Gasteiger partial charge in [0, 0.05) is 19.2 Å². The fourth-order valence-corrected chi connectivity index (χ4v) is 3.12. The van der Waals surface area contributed by atoms with Gasteiger partial charge in [0.2, 0.25) is 0 Å². The second kappa shape index (κ2) is 9.19. The summed E-state index contributed by atoms with van der Waals surface area (Å²) in [5, 5.41) is -0.333. The Morgan fingerprint density at radius 3 is 2.48 bits per heavy atom. The predicted octanol–water partition coefficient (Wildman–Crippen LogP) is 2.54. The molecule has 0 saturated heterocycles. The van der Waals surface area contributed by atoms with E-state index in [1.54, 1.807) is 0 Å². The number of hydrogen-bond donors (Lipinski definition) is 0. The van der Waals surface area contributed by atoms with E-state index in [1.807, 2.05) is 0 Å². The first-order valence-electron chi connectivity index (χ1n) is 8.53. The molecule has 0 unspecified atom stereocenters. The number of halogens is 5. The number of carbonyl (C=O) groups excluding carboxylic acids is 1. The minimum absolute atomic E-state index is 0.152. The van der Waals surface area contributed by atoms with Gasteiger partial charge in [-0.3, -0.25) is 9.36 Å². The SMILES string of the molecule is COC(=O)COc1nsnc1Oc1cc(-n2c(=O)cc(C(F)(F)F)n(C)c2=O)c(F)cc1Cl. The molecular weight excluding hydrogens is 500 g/mol. The lowest BCUT2D eigenvalue weighted by Gasteiger charge is -2.15. The minimum atomic E-state index is -4.99. The molecule has 0 atom stereocenters. The van der Waals surface area contributed by atoms with Crippen LogP contribution in [0.3, 0.4) is 0 Å². The van der Waals surface area contributed by atoms with E-state index in [0.717, 1.165) is 20.2 Å². The van der Waals surface area contributed by atoms with Crippen molar-refractivity contribution in [1.82, 2.24) is 17.9 Å². The second-order valence-electron chi connectivity index (χ2n) is 6.12. The maximum Gasteiger partial charge on any atom is 0.431 e. The Morgan fingerprint density at radius 2 is 1.85 bits per heavy atom. The van der Waals surface area contributed by atoms with E-state index < -0.39 is 47.2 Å². The number of aromatic nitrogens is 4. The number of rotatable bonds is 6. The van der Waals surface area contributed by atoms with Gasteiger partial charge in [-0.05, 0) is 6.07 Å². The van der Waals surface area contributed by atoms with Crippen LogP contribution >= 0.6 is 23.3 Å². The van der Waals surface area contributed by atoms with Gasteiger partial charge in [-0.1, -0.05) is 11.6 Å². The van der Waals surface area contributed by atoms with Gasteiger partial charge < -0.3 is 14.2 Å². The number of nitrogens with zero attached hydrogens (tertiary/aromatic N) is 4. The summed E-state index contributed by atoms with van der Waals surface area (Å²) in [6, 6.07) is 1.65. The highest BCUT2D eigenvalue weighted by atomic mass is 35.5. The predicted molar refractivity (Wildman–Crippen MR) is 105 cm³/mol. The van der Waals surface area contributed by atoms with Crippen molar-refractivity contribution < 1.29 is 36.6 Å². The smallest absolute Gasteiger partial charge is 0.431 e. The summed E-state index contributed by atoms with van der Waals surface area (Å²) in [6.07, 6.45) is -4.99. The molecule has 2 heterocycles. The summed E-state index contributed by atoms with van der Waals surface area (Å²) in [5.41, 5.74) is -5.14. The number of carbonyl (C=O) groups is 1. The molecule has 33 heavy (non-hydrogen) atoms. The normalized spacial score (nSPS) is 11.4. The van der Waals surface area contributed by atoms with Gasteiger partial charge >= 0.3 is 17.8 Å². The number of esters is 1. The van der Waals surface area contributed by atoms with Crippen molar-refractivity contribution in [2.45, 2.75) is 6.18 Å². The number of alkyl halides is 3. The number of ether oxygens (including phenoxy) is 3. The van der Waals surface area contributed by atoms with Crippen molar-refractivity contribution in [1.29, 1.82) is 0 Å². The number of hydrogen-bond acceptors (Lipinski definition) is 9. The zero-order valence-electron chi connectivity index (χ0n) is 16.5. The average Bonchev–Trinajstić information content (AvgIpc) is 3.18. The summed E-state index contributed by atoms with van der Waals surface area (Å²) >= 11 is 6.59. The Labute approximate surface area is 189 Å². The average molecular weight is 511 g/mol. The highest BCUT2D eigenvalue weighted by Gasteiger charge is 2.35. The zero-order chi connectivity index (χ0) is 24.5. The largest absolute Gasteiger partial charge is 0.466 e. The lowest BCUT2D eigenvalue weighted by atomic mass is 10.2. The van der Waals surface area contributed by atoms with Gasteiger partial charge in [0.25, 0.3) is 17.3 Å². The van der Waals surface area contributed by atoms with Crippen molar-refractivity contribution in [3.05, 3.63) is 55.6 Å². The highest BCUT2D eigenvalue weighted by molar-refractivity contribution is 6.99. The van der Waals surface area contributed by atoms with E-state index in [4.69, 9.17) is 21.1 Å². The van der Waals surface area contributed by atoms with Crippen molar-refractivity contribution >= 4 is 29.3 Å². The minimum Gasteiger partial charge on any atom is -0.466 e. The summed E-state index contributed by atoms with van der Waals surface area (Å²) in [6.45, 7) is -0.530. The molecule has 2 aromatic heterocycles. The van der Waals surface area contributed by atoms with E-state index in [0.29, 0.717) is 17.8 Å². The summed E-state index contributed by atoms with van der Waals surface area (Å²) < 4.78 is 76.5. The van der Waals surface area contributed by atoms with Crippen LogP contribution in [0.5, 0.6) is 17.5 Å². The van der Waals surface area contributed by atoms with Crippen LogP contribution in [0, 0.1) is 5.82 Å². The van der Waals surface area contributed by atoms with Crippen LogP contribution in [0.2, 0.25) is 5.02 Å². The Bertz CT molecular complexity index is 1340. The van der Waals surface area contributed by atoms with Crippen LogP contribution < -0.4 is 20.7 Å². The Morgan fingerprint density at radius 1 is 1.18 bits per heavy atom. The molecule has 0 aliphatic heterocycles. The lowest BCUT2D eigenvalue weighted by Crippen LogP contribution is -2.41. The van der Waals surface area contributed by atoms with Gasteiger partial charge in [0.1, 0.15) is 11.5 Å². The summed E-state index contributed by atoms with van der Waals surface area (Å²) in [4.78, 5) is 36.0. The van der Waals surface area contributed by atoms with Crippen LogP contribution in [-0.4, -0.2) is 37.6 Å². The molecule has 10 nitrogen and oxygen atoms in total. The Hall–Kier alpha value is -3.46. The fraction of sp³-hybridized carbons (Fsp3) is 0.235. The molecule has 0 radical (unpaired) electrons. The van der Waals surface area contributed by atoms with Crippen LogP contribution in [-0.2, 0) is 22.8 Å². The standard InChI is InChI=1S/C17H11ClF4N4O6S/c1-25-11(17(20,21)22)5-12(27)26(16(25)29)9-4-10(7(18)3-8(9)19)32-15-14(23-33-24-15)31-6-13(28)30-2/h3-5H,6H2,1-2H3. The van der Waals surface area contributed by atoms with Crippen molar-refractivity contribution in [2.24, 2.45) is 7.05 Å². The van der Waals surface area contributed by atoms with Crippen molar-refractivity contribution in [3.8, 4) is 23.2 Å². The first-order chi connectivity index (χ1) is 15.4. The van der Waals surface area contributed by atoms with Crippen molar-refractivity contribution in [2.75, 3.05) is 13.7 Å². The Kier molecular flexibility index (Phi) is 6.73. The highest BCUT2D eigenvalue weighted by Crippen LogP contribution is 2.36. The monoisotopic (exact) mass is 510 g/mol. The molecule has 1 aromatic carbocycles. The third-order valence-corrected chi connectivity index (χ3v) is 4.83. The summed E-state index contributed by atoms with van der Waals surface area (Å²) in [5.74, 6) is -2.79. The quantitative estimate of drug-likeness (QED) is 0.367. The second-order valence-corrected chi connectivity index (χ2v) is 7.05. The van der Waals surface area contributed by atoms with Crippen molar-refractivity contribution in [3.63, 3.8) is 0 Å². The third kappa shape index (κ3) is 4.98. The molecule has 176 valence electrons. The number of benzene rings is 1. The topological polar surface area (TPSA) is 115 Å². The molecule has 0 aliphatic rings. The van der Waals surface area contributed by atoms with E-state index in [2.05, 4.69) is 13.5 Å². The van der Waals surface area contributed by atoms with Gasteiger partial charge in [0.15, 0.2) is 12.4 Å². The molecule has 0 amide bonds. The molecule has 0 bridgehead atoms. The fourth-order valence-electron chi connectivity index (χ4n) is 2.50. The van der Waals surface area contributed by atoms with Crippen LogP contribution in [0.25, 0.3) is 5.69 Å². The summed E-state index contributed by atoms with van der Waals surface area (Å²) in [7, 11) is 1.91. The van der Waals surface area contributed by atoms with E-state index in [1.165, 1.54) is 0 Å². The number of methoxy groups -OCH3 is 1. The molecular formula is C17H11ClF4N4O6S. The molecule has 0 saturated carbocycles. The maximum atomic E-state index is 14.6. The van der Waals surface area contributed by atoms with Gasteiger partial charge in [0.05, 0.1) is 29.5 Å². The van der Waals surface area contributed by atoms with E-state index in [-0.39, 0.29) is 37.7 Å². The van der Waals surface area contributed by atoms with Gasteiger partial charge in [-0.2, -0.15) is 13.2 Å². The van der Waals surface area contributed by atoms with Crippen LogP contribution in [0.4, 0.5) is 17.6 Å². The zero-order valence-corrected chi connectivity index (χ0v) is 18.0. The molecule has 16 heteroatoms. The molecule has 0 fully saturated rings. The first-order valence-corrected chi connectivity index (χ1v) is 9.64. The Balaban J connectivity index is 2.05. The molecule has 3 aromatic rings. The van der Waals surface area contributed by atoms with E-state index >= 15 is 0 Å². The molecule has 0 spiro atoms. The van der Waals surface area contributed by atoms with E-state index in [9.17, 15) is 31.9 Å². The van der Waals surface area contributed by atoms with Gasteiger partial charge in [-0.25, -0.2) is 18.5 Å². The van der Waals surface area contributed by atoms with Crippen LogP contribution in [0.1, 0.15) is 5.69 Å². The van der Waals surface area contributed by atoms with Gasteiger partial charge in [-0.15, -0.1) is 8.75 Å². The lowest BCUT2D eigenvalue weighted by molar-refractivity contribution is -0.144.